The first kappa shape index (κ1) is 17.2. The molecule has 5 atom stereocenters. The summed E-state index contributed by atoms with van der Waals surface area (Å²) in [7, 11) is 0. The van der Waals surface area contributed by atoms with E-state index in [1.54, 1.807) is 12.1 Å². The summed E-state index contributed by atoms with van der Waals surface area (Å²) in [6.45, 7) is 6.62. The van der Waals surface area contributed by atoms with E-state index < -0.39 is 0 Å². The molecule has 0 N–H and O–H groups in total. The third-order valence-electron chi connectivity index (χ3n) is 7.08. The summed E-state index contributed by atoms with van der Waals surface area (Å²) < 4.78 is 5.99. The van der Waals surface area contributed by atoms with Gasteiger partial charge in [0.15, 0.2) is 0 Å². The van der Waals surface area contributed by atoms with Gasteiger partial charge in [0.25, 0.3) is 0 Å². The second-order valence-electron chi connectivity index (χ2n) is 8.13. The molecule has 2 fully saturated rings. The molecule has 0 amide bonds. The largest absolute Gasteiger partial charge is 0.458 e. The summed E-state index contributed by atoms with van der Waals surface area (Å²) >= 11 is 0. The first-order valence-electron chi connectivity index (χ1n) is 9.14. The molecule has 2 saturated carbocycles. The van der Waals surface area contributed by atoms with Gasteiger partial charge in [-0.2, -0.15) is 0 Å². The molecule has 3 heteroatoms. The minimum atomic E-state index is -0.224. The Morgan fingerprint density at radius 2 is 1.88 bits per heavy atom. The topological polar surface area (TPSA) is 43.4 Å². The lowest BCUT2D eigenvalue weighted by atomic mass is 9.54. The van der Waals surface area contributed by atoms with Gasteiger partial charge in [-0.15, -0.1) is 0 Å². The number of ether oxygens (including phenoxy) is 1. The molecule has 0 unspecified atom stereocenters. The lowest BCUT2D eigenvalue weighted by molar-refractivity contribution is -0.121. The highest BCUT2D eigenvalue weighted by Gasteiger charge is 2.61. The quantitative estimate of drug-likeness (QED) is 0.597. The highest BCUT2D eigenvalue weighted by molar-refractivity contribution is 5.89. The summed E-state index contributed by atoms with van der Waals surface area (Å²) in [5.41, 5.74) is 0.634. The summed E-state index contributed by atoms with van der Waals surface area (Å²) in [4.78, 5) is 23.9. The second kappa shape index (κ2) is 6.34. The Morgan fingerprint density at radius 1 is 1.17 bits per heavy atom. The van der Waals surface area contributed by atoms with Gasteiger partial charge < -0.3 is 9.53 Å². The third-order valence-corrected chi connectivity index (χ3v) is 7.08. The van der Waals surface area contributed by atoms with Gasteiger partial charge in [-0.05, 0) is 55.6 Å². The fourth-order valence-corrected chi connectivity index (χ4v) is 5.35. The number of rotatable bonds is 4. The maximum Gasteiger partial charge on any atom is 0.338 e. The Morgan fingerprint density at radius 3 is 2.54 bits per heavy atom. The normalized spacial score (nSPS) is 36.6. The molecule has 0 radical (unpaired) electrons. The zero-order chi connectivity index (χ0) is 17.4. The lowest BCUT2D eigenvalue weighted by Gasteiger charge is -2.52. The predicted molar refractivity (Wildman–Crippen MR) is 93.7 cm³/mol. The van der Waals surface area contributed by atoms with Crippen LogP contribution in [0.3, 0.4) is 0 Å². The van der Waals surface area contributed by atoms with E-state index >= 15 is 0 Å². The number of hydrogen-bond donors (Lipinski definition) is 0. The highest BCUT2D eigenvalue weighted by atomic mass is 16.5. The Hall–Kier alpha value is -1.64. The fraction of sp³-hybridized carbons (Fsp3) is 0.619. The van der Waals surface area contributed by atoms with Gasteiger partial charge in [0, 0.05) is 11.3 Å². The molecule has 1 aromatic rings. The van der Waals surface area contributed by atoms with Crippen LogP contribution in [0.4, 0.5) is 0 Å². The molecule has 0 saturated heterocycles. The number of fused-ring (bicyclic) bond motifs is 1. The Bertz CT molecular complexity index is 611. The van der Waals surface area contributed by atoms with E-state index in [0.717, 1.165) is 38.4 Å². The van der Waals surface area contributed by atoms with Gasteiger partial charge in [0.2, 0.25) is 0 Å². The van der Waals surface area contributed by atoms with E-state index in [9.17, 15) is 9.59 Å². The molecule has 0 aliphatic heterocycles. The summed E-state index contributed by atoms with van der Waals surface area (Å²) in [5.74, 6) is 0.233. The SMILES string of the molecule is C[C@@H](C=O)[C@H]1CC[C@@]2(C)[C@@H](OC(=O)c3ccccc3)CCC[C@]12C. The van der Waals surface area contributed by atoms with Crippen molar-refractivity contribution in [2.24, 2.45) is 22.7 Å². The predicted octanol–water partition coefficient (Wildman–Crippen LogP) is 4.65. The molecule has 0 spiro atoms. The highest BCUT2D eigenvalue weighted by Crippen LogP contribution is 2.65. The van der Waals surface area contributed by atoms with Gasteiger partial charge in [0.1, 0.15) is 12.4 Å². The van der Waals surface area contributed by atoms with Crippen molar-refractivity contribution in [1.29, 1.82) is 0 Å². The summed E-state index contributed by atoms with van der Waals surface area (Å²) in [5, 5.41) is 0. The van der Waals surface area contributed by atoms with E-state index in [0.29, 0.717) is 11.5 Å². The molecule has 1 aromatic carbocycles. The molecular weight excluding hydrogens is 300 g/mol. The molecule has 2 aliphatic carbocycles. The van der Waals surface area contributed by atoms with Crippen molar-refractivity contribution in [3.63, 3.8) is 0 Å². The van der Waals surface area contributed by atoms with Gasteiger partial charge in [-0.1, -0.05) is 39.0 Å². The number of carbonyl (C=O) groups is 2. The van der Waals surface area contributed by atoms with Crippen LogP contribution in [-0.2, 0) is 9.53 Å². The van der Waals surface area contributed by atoms with Gasteiger partial charge >= 0.3 is 5.97 Å². The van der Waals surface area contributed by atoms with Crippen LogP contribution >= 0.6 is 0 Å². The molecule has 0 aromatic heterocycles. The molecule has 130 valence electrons. The van der Waals surface area contributed by atoms with Crippen LogP contribution < -0.4 is 0 Å². The van der Waals surface area contributed by atoms with Crippen LogP contribution in [0, 0.1) is 22.7 Å². The van der Waals surface area contributed by atoms with Crippen LogP contribution in [0.15, 0.2) is 30.3 Å². The molecule has 0 bridgehead atoms. The summed E-state index contributed by atoms with van der Waals surface area (Å²) in [6, 6.07) is 9.23. The van der Waals surface area contributed by atoms with Crippen LogP contribution in [0.5, 0.6) is 0 Å². The maximum atomic E-state index is 12.5. The van der Waals surface area contributed by atoms with Crippen LogP contribution in [0.25, 0.3) is 0 Å². The van der Waals surface area contributed by atoms with Crippen molar-refractivity contribution in [2.75, 3.05) is 0 Å². The third kappa shape index (κ3) is 2.58. The molecule has 3 rings (SSSR count). The molecule has 0 heterocycles. The van der Waals surface area contributed by atoms with Crippen molar-refractivity contribution in [3.05, 3.63) is 35.9 Å². The van der Waals surface area contributed by atoms with E-state index in [-0.39, 0.29) is 28.8 Å². The first-order chi connectivity index (χ1) is 11.4. The second-order valence-corrected chi connectivity index (χ2v) is 8.13. The Labute approximate surface area is 144 Å². The average molecular weight is 328 g/mol. The van der Waals surface area contributed by atoms with E-state index in [2.05, 4.69) is 13.8 Å². The monoisotopic (exact) mass is 328 g/mol. The number of carbonyl (C=O) groups excluding carboxylic acids is 2. The Kier molecular flexibility index (Phi) is 4.54. The number of aldehydes is 1. The number of hydrogen-bond acceptors (Lipinski definition) is 3. The Balaban J connectivity index is 1.83. The number of esters is 1. The molecule has 3 nitrogen and oxygen atoms in total. The fourth-order valence-electron chi connectivity index (χ4n) is 5.35. The first-order valence-corrected chi connectivity index (χ1v) is 9.14. The van der Waals surface area contributed by atoms with Crippen LogP contribution in [0.2, 0.25) is 0 Å². The molecular formula is C21H28O3. The van der Waals surface area contributed by atoms with Crippen LogP contribution in [-0.4, -0.2) is 18.4 Å². The van der Waals surface area contributed by atoms with Gasteiger partial charge in [-0.25, -0.2) is 4.79 Å². The average Bonchev–Trinajstić information content (AvgIpc) is 2.88. The maximum absolute atomic E-state index is 12.5. The van der Waals surface area contributed by atoms with Crippen molar-refractivity contribution >= 4 is 12.3 Å². The number of benzene rings is 1. The molecule has 24 heavy (non-hydrogen) atoms. The van der Waals surface area contributed by atoms with Gasteiger partial charge in [-0.3, -0.25) is 0 Å². The minimum absolute atomic E-state index is 0.0440. The summed E-state index contributed by atoms with van der Waals surface area (Å²) in [6.07, 6.45) is 6.21. The molecule has 2 aliphatic rings. The van der Waals surface area contributed by atoms with E-state index in [1.165, 1.54) is 0 Å². The lowest BCUT2D eigenvalue weighted by Crippen LogP contribution is -2.51. The standard InChI is InChI=1S/C21H28O3/c1-15(14-22)17-11-13-21(3)18(10-7-12-20(17,21)2)24-19(23)16-8-5-4-6-9-16/h4-6,8-9,14-15,17-18H,7,10-13H2,1-3H3/t15-,17+,18-,20+,21-/m0/s1. The van der Waals surface area contributed by atoms with Crippen LogP contribution in [0.1, 0.15) is 63.2 Å². The van der Waals surface area contributed by atoms with Crippen molar-refractivity contribution in [2.45, 2.75) is 59.0 Å². The van der Waals surface area contributed by atoms with Crippen molar-refractivity contribution in [3.8, 4) is 0 Å². The van der Waals surface area contributed by atoms with Crippen molar-refractivity contribution < 1.29 is 14.3 Å². The van der Waals surface area contributed by atoms with E-state index in [4.69, 9.17) is 4.74 Å². The van der Waals surface area contributed by atoms with Gasteiger partial charge in [0.05, 0.1) is 5.56 Å². The van der Waals surface area contributed by atoms with Crippen molar-refractivity contribution in [1.82, 2.24) is 0 Å². The van der Waals surface area contributed by atoms with E-state index in [1.807, 2.05) is 25.1 Å². The smallest absolute Gasteiger partial charge is 0.338 e. The zero-order valence-corrected chi connectivity index (χ0v) is 15.0. The zero-order valence-electron chi connectivity index (χ0n) is 15.0. The minimum Gasteiger partial charge on any atom is -0.458 e.